The lowest BCUT2D eigenvalue weighted by molar-refractivity contribution is -0.384. The van der Waals surface area contributed by atoms with Gasteiger partial charge in [-0.25, -0.2) is 0 Å². The average molecular weight is 401 g/mol. The number of anilines is 1. The van der Waals surface area contributed by atoms with Gasteiger partial charge in [0.25, 0.3) is 11.6 Å². The van der Waals surface area contributed by atoms with Crippen molar-refractivity contribution in [1.82, 2.24) is 4.90 Å². The first-order valence-electron chi connectivity index (χ1n) is 9.07. The standard InChI is InChI=1S/C19H19N3O7/c23-16(20-12-5-7-13(8-6-12)22(27)28)11-29-17(24)9-10-21-18(25)14-3-1-2-4-15(14)19(21)26/h1-2,5-8,14-15H,3-4,9-11H2,(H,20,23)/t14-,15-/m0/s1. The molecule has 0 aromatic heterocycles. The summed E-state index contributed by atoms with van der Waals surface area (Å²) in [6.45, 7) is -0.625. The minimum Gasteiger partial charge on any atom is -0.456 e. The molecule has 0 spiro atoms. The van der Waals surface area contributed by atoms with Gasteiger partial charge in [-0.2, -0.15) is 0 Å². The zero-order valence-electron chi connectivity index (χ0n) is 15.4. The van der Waals surface area contributed by atoms with E-state index in [1.807, 2.05) is 12.2 Å². The second-order valence-corrected chi connectivity index (χ2v) is 6.75. The molecule has 1 N–H and O–H groups in total. The molecular formula is C19H19N3O7. The van der Waals surface area contributed by atoms with Gasteiger partial charge in [0.15, 0.2) is 6.61 Å². The van der Waals surface area contributed by atoms with Crippen molar-refractivity contribution in [3.05, 3.63) is 46.5 Å². The first-order chi connectivity index (χ1) is 13.9. The first-order valence-corrected chi connectivity index (χ1v) is 9.07. The van der Waals surface area contributed by atoms with Crippen LogP contribution >= 0.6 is 0 Å². The van der Waals surface area contributed by atoms with Gasteiger partial charge in [0, 0.05) is 24.4 Å². The second kappa shape index (κ2) is 8.63. The van der Waals surface area contributed by atoms with E-state index in [0.717, 1.165) is 4.90 Å². The molecule has 1 aliphatic carbocycles. The van der Waals surface area contributed by atoms with Crippen molar-refractivity contribution in [2.45, 2.75) is 19.3 Å². The maximum Gasteiger partial charge on any atom is 0.308 e. The molecule has 2 atom stereocenters. The fraction of sp³-hybridized carbons (Fsp3) is 0.368. The minimum atomic E-state index is -0.711. The molecule has 0 unspecified atom stereocenters. The summed E-state index contributed by atoms with van der Waals surface area (Å²) in [5, 5.41) is 13.0. The number of benzene rings is 1. The van der Waals surface area contributed by atoms with Crippen LogP contribution in [0.25, 0.3) is 0 Å². The van der Waals surface area contributed by atoms with Gasteiger partial charge in [-0.1, -0.05) is 12.2 Å². The number of carbonyl (C=O) groups is 4. The fourth-order valence-electron chi connectivity index (χ4n) is 3.37. The quantitative estimate of drug-likeness (QED) is 0.240. The molecule has 0 bridgehead atoms. The van der Waals surface area contributed by atoms with Gasteiger partial charge >= 0.3 is 5.97 Å². The number of ether oxygens (including phenoxy) is 1. The summed E-state index contributed by atoms with van der Waals surface area (Å²) >= 11 is 0. The molecular weight excluding hydrogens is 382 g/mol. The van der Waals surface area contributed by atoms with E-state index >= 15 is 0 Å². The van der Waals surface area contributed by atoms with Gasteiger partial charge < -0.3 is 10.1 Å². The van der Waals surface area contributed by atoms with Crippen LogP contribution in [0.3, 0.4) is 0 Å². The highest BCUT2D eigenvalue weighted by Gasteiger charge is 2.46. The van der Waals surface area contributed by atoms with Crippen molar-refractivity contribution in [3.63, 3.8) is 0 Å². The largest absolute Gasteiger partial charge is 0.456 e. The molecule has 29 heavy (non-hydrogen) atoms. The number of carbonyl (C=O) groups excluding carboxylic acids is 4. The van der Waals surface area contributed by atoms with Crippen molar-refractivity contribution in [3.8, 4) is 0 Å². The molecule has 1 heterocycles. The fourth-order valence-corrected chi connectivity index (χ4v) is 3.37. The highest BCUT2D eigenvalue weighted by Crippen LogP contribution is 2.35. The first kappa shape index (κ1) is 20.2. The Morgan fingerprint density at radius 1 is 1.10 bits per heavy atom. The zero-order valence-corrected chi connectivity index (χ0v) is 15.4. The number of nitrogens with zero attached hydrogens (tertiary/aromatic N) is 2. The smallest absolute Gasteiger partial charge is 0.308 e. The molecule has 10 nitrogen and oxygen atoms in total. The molecule has 152 valence electrons. The Morgan fingerprint density at radius 2 is 1.69 bits per heavy atom. The molecule has 3 rings (SSSR count). The third-order valence-electron chi connectivity index (χ3n) is 4.86. The molecule has 3 amide bonds. The number of imide groups is 1. The summed E-state index contributed by atoms with van der Waals surface area (Å²) in [5.74, 6) is -2.57. The van der Waals surface area contributed by atoms with E-state index in [1.54, 1.807) is 0 Å². The number of nitro groups is 1. The lowest BCUT2D eigenvalue weighted by Crippen LogP contribution is -2.33. The van der Waals surface area contributed by atoms with E-state index in [1.165, 1.54) is 24.3 Å². The second-order valence-electron chi connectivity index (χ2n) is 6.75. The van der Waals surface area contributed by atoms with E-state index in [-0.39, 0.29) is 42.3 Å². The Morgan fingerprint density at radius 3 is 2.24 bits per heavy atom. The van der Waals surface area contributed by atoms with Crippen LogP contribution in [-0.2, 0) is 23.9 Å². The Balaban J connectivity index is 1.42. The topological polar surface area (TPSA) is 136 Å². The molecule has 0 radical (unpaired) electrons. The maximum atomic E-state index is 12.3. The SMILES string of the molecule is O=C(COC(=O)CCN1C(=O)[C@H]2CC=CC[C@@H]2C1=O)Nc1ccc([N+](=O)[O-])cc1. The maximum absolute atomic E-state index is 12.3. The summed E-state index contributed by atoms with van der Waals surface area (Å²) < 4.78 is 4.87. The third-order valence-corrected chi connectivity index (χ3v) is 4.86. The Hall–Kier alpha value is -3.56. The number of rotatable bonds is 7. The van der Waals surface area contributed by atoms with Crippen molar-refractivity contribution >= 4 is 35.1 Å². The Bertz CT molecular complexity index is 852. The number of esters is 1. The highest BCUT2D eigenvalue weighted by molar-refractivity contribution is 6.05. The average Bonchev–Trinajstić information content (AvgIpc) is 2.95. The number of amides is 3. The summed E-state index contributed by atoms with van der Waals surface area (Å²) in [6, 6.07) is 5.19. The van der Waals surface area contributed by atoms with Gasteiger partial charge in [0.1, 0.15) is 0 Å². The van der Waals surface area contributed by atoms with Crippen LogP contribution in [0.4, 0.5) is 11.4 Å². The van der Waals surface area contributed by atoms with Gasteiger partial charge in [-0.15, -0.1) is 0 Å². The summed E-state index contributed by atoms with van der Waals surface area (Å²) in [5.41, 5.74) is 0.206. The number of hydrogen-bond acceptors (Lipinski definition) is 7. The van der Waals surface area contributed by atoms with E-state index in [4.69, 9.17) is 4.74 Å². The molecule has 1 aliphatic heterocycles. The molecule has 1 saturated heterocycles. The van der Waals surface area contributed by atoms with Crippen LogP contribution in [-0.4, -0.2) is 46.7 Å². The van der Waals surface area contributed by atoms with Crippen molar-refractivity contribution < 1.29 is 28.8 Å². The normalized spacial score (nSPS) is 20.3. The zero-order chi connectivity index (χ0) is 21.0. The predicted octanol–water partition coefficient (Wildman–Crippen LogP) is 1.42. The number of fused-ring (bicyclic) bond motifs is 1. The summed E-state index contributed by atoms with van der Waals surface area (Å²) in [4.78, 5) is 59.4. The molecule has 1 fully saturated rings. The van der Waals surface area contributed by atoms with Crippen LogP contribution in [0.15, 0.2) is 36.4 Å². The van der Waals surface area contributed by atoms with Crippen molar-refractivity contribution in [2.24, 2.45) is 11.8 Å². The summed E-state index contributed by atoms with van der Waals surface area (Å²) in [6.07, 6.45) is 4.62. The molecule has 2 aliphatic rings. The van der Waals surface area contributed by atoms with Gasteiger partial charge in [0.05, 0.1) is 23.2 Å². The number of allylic oxidation sites excluding steroid dienone is 2. The number of likely N-dealkylation sites (tertiary alicyclic amines) is 1. The minimum absolute atomic E-state index is 0.0759. The lowest BCUT2D eigenvalue weighted by atomic mass is 9.85. The Kier molecular flexibility index (Phi) is 6.01. The van der Waals surface area contributed by atoms with E-state index in [0.29, 0.717) is 18.5 Å². The van der Waals surface area contributed by atoms with Gasteiger partial charge in [-0.05, 0) is 25.0 Å². The van der Waals surface area contributed by atoms with Crippen LogP contribution < -0.4 is 5.32 Å². The summed E-state index contributed by atoms with van der Waals surface area (Å²) in [7, 11) is 0. The van der Waals surface area contributed by atoms with Crippen molar-refractivity contribution in [1.29, 1.82) is 0 Å². The van der Waals surface area contributed by atoms with Gasteiger partial charge in [0.2, 0.25) is 11.8 Å². The predicted molar refractivity (Wildman–Crippen MR) is 99.4 cm³/mol. The number of hydrogen-bond donors (Lipinski definition) is 1. The molecule has 1 aromatic rings. The van der Waals surface area contributed by atoms with Crippen LogP contribution in [0, 0.1) is 22.0 Å². The van der Waals surface area contributed by atoms with Crippen molar-refractivity contribution in [2.75, 3.05) is 18.5 Å². The van der Waals surface area contributed by atoms with Gasteiger partial charge in [-0.3, -0.25) is 34.2 Å². The van der Waals surface area contributed by atoms with Crippen LogP contribution in [0.2, 0.25) is 0 Å². The Labute approximate surface area is 165 Å². The third kappa shape index (κ3) is 4.65. The molecule has 0 saturated carbocycles. The monoisotopic (exact) mass is 401 g/mol. The van der Waals surface area contributed by atoms with Crippen LogP contribution in [0.5, 0.6) is 0 Å². The number of nitro benzene ring substituents is 1. The lowest BCUT2D eigenvalue weighted by Gasteiger charge is -2.14. The van der Waals surface area contributed by atoms with E-state index < -0.39 is 23.4 Å². The highest BCUT2D eigenvalue weighted by atomic mass is 16.6. The van der Waals surface area contributed by atoms with E-state index in [2.05, 4.69) is 5.32 Å². The van der Waals surface area contributed by atoms with E-state index in [9.17, 15) is 29.3 Å². The number of nitrogens with one attached hydrogen (secondary N) is 1. The number of non-ortho nitro benzene ring substituents is 1. The molecule has 1 aromatic carbocycles. The van der Waals surface area contributed by atoms with Crippen LogP contribution in [0.1, 0.15) is 19.3 Å². The molecule has 10 heteroatoms.